The molecule has 3 rings (SSSR count). The van der Waals surface area contributed by atoms with Crippen LogP contribution in [0.1, 0.15) is 0 Å². The summed E-state index contributed by atoms with van der Waals surface area (Å²) >= 11 is 10.5. The second-order valence-electron chi connectivity index (χ2n) is 4.06. The molecule has 8 heteroatoms. The van der Waals surface area contributed by atoms with E-state index in [9.17, 15) is 4.39 Å². The number of rotatable bonds is 2. The summed E-state index contributed by atoms with van der Waals surface area (Å²) < 4.78 is 14.9. The van der Waals surface area contributed by atoms with E-state index >= 15 is 0 Å². The number of thiazole rings is 1. The normalized spacial score (nSPS) is 10.8. The highest BCUT2D eigenvalue weighted by molar-refractivity contribution is 9.11. The lowest BCUT2D eigenvalue weighted by Gasteiger charge is -2.05. The van der Waals surface area contributed by atoms with Crippen LogP contribution in [0.3, 0.4) is 0 Å². The van der Waals surface area contributed by atoms with Crippen molar-refractivity contribution in [2.24, 2.45) is 0 Å². The second-order valence-corrected chi connectivity index (χ2v) is 6.68. The average molecular weight is 386 g/mol. The maximum atomic E-state index is 14.2. The number of hydrogen-bond donors (Lipinski definition) is 1. The van der Waals surface area contributed by atoms with Gasteiger partial charge in [0, 0.05) is 11.8 Å². The third-order valence-electron chi connectivity index (χ3n) is 2.74. The van der Waals surface area contributed by atoms with E-state index in [0.29, 0.717) is 25.7 Å². The van der Waals surface area contributed by atoms with Crippen LogP contribution in [0.2, 0.25) is 5.28 Å². The van der Waals surface area contributed by atoms with Gasteiger partial charge in [-0.15, -0.1) is 11.3 Å². The lowest BCUT2D eigenvalue weighted by Crippen LogP contribution is -1.94. The molecule has 0 fully saturated rings. The molecule has 4 nitrogen and oxygen atoms in total. The lowest BCUT2D eigenvalue weighted by atomic mass is 10.1. The van der Waals surface area contributed by atoms with Gasteiger partial charge in [0.15, 0.2) is 9.73 Å². The number of hydrogen-bond acceptors (Lipinski definition) is 5. The molecule has 106 valence electrons. The first kappa shape index (κ1) is 14.4. The fourth-order valence-electron chi connectivity index (χ4n) is 1.84. The van der Waals surface area contributed by atoms with Crippen LogP contribution in [0.4, 0.5) is 10.1 Å². The number of anilines is 1. The first-order valence-electron chi connectivity index (χ1n) is 5.76. The Morgan fingerprint density at radius 1 is 1.24 bits per heavy atom. The van der Waals surface area contributed by atoms with Gasteiger partial charge in [0.1, 0.15) is 0 Å². The molecule has 0 spiro atoms. The minimum absolute atomic E-state index is 0.0725. The predicted octanol–water partition coefficient (Wildman–Crippen LogP) is 4.40. The molecule has 3 aromatic rings. The highest BCUT2D eigenvalue weighted by atomic mass is 79.9. The van der Waals surface area contributed by atoms with Crippen LogP contribution in [-0.4, -0.2) is 15.0 Å². The smallest absolute Gasteiger partial charge is 0.222 e. The van der Waals surface area contributed by atoms with E-state index in [0.717, 1.165) is 0 Å². The van der Waals surface area contributed by atoms with Crippen LogP contribution in [0.15, 0.2) is 34.4 Å². The van der Waals surface area contributed by atoms with E-state index in [1.165, 1.54) is 23.6 Å². The summed E-state index contributed by atoms with van der Waals surface area (Å²) in [5, 5.41) is 0.121. The van der Waals surface area contributed by atoms with Crippen LogP contribution in [0, 0.1) is 5.82 Å². The van der Waals surface area contributed by atoms with Crippen molar-refractivity contribution in [2.75, 3.05) is 5.73 Å². The van der Waals surface area contributed by atoms with E-state index in [1.54, 1.807) is 18.2 Å². The Bertz CT molecular complexity index is 824. The Morgan fingerprint density at radius 3 is 2.81 bits per heavy atom. The van der Waals surface area contributed by atoms with Gasteiger partial charge in [-0.05, 0) is 45.7 Å². The van der Waals surface area contributed by atoms with Crippen molar-refractivity contribution in [1.29, 1.82) is 0 Å². The van der Waals surface area contributed by atoms with Gasteiger partial charge in [-0.25, -0.2) is 19.3 Å². The number of aromatic nitrogens is 3. The maximum absolute atomic E-state index is 14.2. The lowest BCUT2D eigenvalue weighted by molar-refractivity contribution is 0.635. The van der Waals surface area contributed by atoms with Crippen molar-refractivity contribution in [2.45, 2.75) is 0 Å². The Kier molecular flexibility index (Phi) is 3.88. The molecule has 0 bridgehead atoms. The van der Waals surface area contributed by atoms with Crippen molar-refractivity contribution >= 4 is 44.6 Å². The van der Waals surface area contributed by atoms with Gasteiger partial charge in [0.25, 0.3) is 0 Å². The zero-order chi connectivity index (χ0) is 15.0. The number of nitrogens with zero attached hydrogens (tertiary/aromatic N) is 3. The molecule has 0 aliphatic rings. The summed E-state index contributed by atoms with van der Waals surface area (Å²) in [6.45, 7) is 0. The molecule has 2 N–H and O–H groups in total. The largest absolute Gasteiger partial charge is 0.396 e. The van der Waals surface area contributed by atoms with Crippen molar-refractivity contribution < 1.29 is 4.39 Å². The zero-order valence-corrected chi connectivity index (χ0v) is 13.5. The van der Waals surface area contributed by atoms with Crippen LogP contribution >= 0.6 is 38.9 Å². The van der Waals surface area contributed by atoms with Gasteiger partial charge < -0.3 is 5.73 Å². The van der Waals surface area contributed by atoms with Crippen LogP contribution in [-0.2, 0) is 0 Å². The molecular formula is C13H7BrClFN4S. The molecule has 1 aromatic carbocycles. The third kappa shape index (κ3) is 2.76. The number of nitrogens with two attached hydrogens (primary N) is 1. The first-order chi connectivity index (χ1) is 10.1. The first-order valence-corrected chi connectivity index (χ1v) is 7.74. The molecule has 0 saturated carbocycles. The average Bonchev–Trinajstić information content (AvgIpc) is 2.84. The Balaban J connectivity index is 2.23. The minimum atomic E-state index is -0.503. The maximum Gasteiger partial charge on any atom is 0.222 e. The van der Waals surface area contributed by atoms with E-state index in [4.69, 9.17) is 17.3 Å². The monoisotopic (exact) mass is 384 g/mol. The highest BCUT2D eigenvalue weighted by Gasteiger charge is 2.19. The quantitative estimate of drug-likeness (QED) is 0.524. The summed E-state index contributed by atoms with van der Waals surface area (Å²) in [6, 6.07) is 6.50. The van der Waals surface area contributed by atoms with Gasteiger partial charge in [0.2, 0.25) is 5.28 Å². The fourth-order valence-corrected chi connectivity index (χ4v) is 3.43. The molecule has 21 heavy (non-hydrogen) atoms. The number of nitrogen functional groups attached to an aromatic ring is 1. The molecule has 0 amide bonds. The van der Waals surface area contributed by atoms with Gasteiger partial charge in [-0.3, -0.25) is 0 Å². The highest BCUT2D eigenvalue weighted by Crippen LogP contribution is 2.39. The Labute approximate surface area is 137 Å². The molecule has 0 aliphatic carbocycles. The Hall–Kier alpha value is -1.57. The molecule has 0 radical (unpaired) electrons. The SMILES string of the molecule is Nc1cccc(-c2nc(Br)sc2-c2ccnc(Cl)n2)c1F. The fraction of sp³-hybridized carbons (Fsp3) is 0. The van der Waals surface area contributed by atoms with Gasteiger partial charge >= 0.3 is 0 Å². The van der Waals surface area contributed by atoms with E-state index in [2.05, 4.69) is 30.9 Å². The van der Waals surface area contributed by atoms with Crippen molar-refractivity contribution in [3.63, 3.8) is 0 Å². The molecule has 0 saturated heterocycles. The number of benzene rings is 1. The van der Waals surface area contributed by atoms with Gasteiger partial charge in [0.05, 0.1) is 22.0 Å². The molecule has 2 heterocycles. The minimum Gasteiger partial charge on any atom is -0.396 e. The summed E-state index contributed by atoms with van der Waals surface area (Å²) in [5.41, 5.74) is 7.06. The topological polar surface area (TPSA) is 64.7 Å². The summed E-state index contributed by atoms with van der Waals surface area (Å²) in [4.78, 5) is 13.0. The van der Waals surface area contributed by atoms with E-state index < -0.39 is 5.82 Å². The molecule has 0 atom stereocenters. The van der Waals surface area contributed by atoms with Crippen LogP contribution < -0.4 is 5.73 Å². The number of halogens is 3. The summed E-state index contributed by atoms with van der Waals surface area (Å²) in [5.74, 6) is -0.503. The predicted molar refractivity (Wildman–Crippen MR) is 85.7 cm³/mol. The Morgan fingerprint density at radius 2 is 2.05 bits per heavy atom. The van der Waals surface area contributed by atoms with Gasteiger partial charge in [-0.2, -0.15) is 0 Å². The van der Waals surface area contributed by atoms with Crippen molar-refractivity contribution in [1.82, 2.24) is 15.0 Å². The molecule has 0 aliphatic heterocycles. The summed E-state index contributed by atoms with van der Waals surface area (Å²) in [7, 11) is 0. The van der Waals surface area contributed by atoms with Crippen molar-refractivity contribution in [3.8, 4) is 21.8 Å². The van der Waals surface area contributed by atoms with Crippen LogP contribution in [0.25, 0.3) is 21.8 Å². The third-order valence-corrected chi connectivity index (χ3v) is 4.45. The standard InChI is InChI=1S/C13H7BrClFN4S/c14-12-20-10(6-2-1-3-7(17)9(6)16)11(21-12)8-4-5-18-13(15)19-8/h1-5H,17H2. The zero-order valence-electron chi connectivity index (χ0n) is 10.3. The van der Waals surface area contributed by atoms with Gasteiger partial charge in [-0.1, -0.05) is 6.07 Å². The molecular weight excluding hydrogens is 379 g/mol. The van der Waals surface area contributed by atoms with E-state index in [1.807, 2.05) is 0 Å². The van der Waals surface area contributed by atoms with Crippen molar-refractivity contribution in [3.05, 3.63) is 45.5 Å². The second kappa shape index (κ2) is 5.67. The molecule has 0 unspecified atom stereocenters. The van der Waals surface area contributed by atoms with Crippen LogP contribution in [0.5, 0.6) is 0 Å². The summed E-state index contributed by atoms with van der Waals surface area (Å²) in [6.07, 6.45) is 1.54. The molecule has 2 aromatic heterocycles. The van der Waals surface area contributed by atoms with E-state index in [-0.39, 0.29) is 11.0 Å².